The summed E-state index contributed by atoms with van der Waals surface area (Å²) in [5.41, 5.74) is 14.4. The maximum Gasteiger partial charge on any atom is 0.254 e. The first-order chi connectivity index (χ1) is 13.0. The summed E-state index contributed by atoms with van der Waals surface area (Å²) in [6, 6.07) is 3.76. The van der Waals surface area contributed by atoms with Crippen LogP contribution in [-0.4, -0.2) is 27.3 Å². The monoisotopic (exact) mass is 371 g/mol. The molecule has 2 heterocycles. The molecule has 1 atom stereocenters. The number of aromatic nitrogens is 3. The largest absolute Gasteiger partial charge is 0.383 e. The van der Waals surface area contributed by atoms with E-state index in [0.29, 0.717) is 18.2 Å². The van der Waals surface area contributed by atoms with Crippen molar-refractivity contribution in [3.05, 3.63) is 40.8 Å². The maximum atomic E-state index is 11.9. The lowest BCUT2D eigenvalue weighted by molar-refractivity contribution is 0.0707. The summed E-state index contributed by atoms with van der Waals surface area (Å²) < 4.78 is 7.50. The number of anilines is 1. The van der Waals surface area contributed by atoms with Crippen LogP contribution in [0.25, 0.3) is 0 Å². The summed E-state index contributed by atoms with van der Waals surface area (Å²) in [4.78, 5) is 16.3. The second-order valence-electron chi connectivity index (χ2n) is 7.44. The van der Waals surface area contributed by atoms with Gasteiger partial charge >= 0.3 is 0 Å². The number of carbonyl (C=O) groups excluding carboxylic acids is 1. The number of hydrogen-bond donors (Lipinski definition) is 2. The molecule has 27 heavy (non-hydrogen) atoms. The Bertz CT molecular complexity index is 778. The number of primary amides is 1. The SMILES string of the molecule is Cc1ccc(C(C)n2nc(COCC3CCCCC3)c(C(N)=O)c2N)cn1. The second-order valence-corrected chi connectivity index (χ2v) is 7.44. The normalized spacial score (nSPS) is 16.4. The molecule has 0 saturated heterocycles. The van der Waals surface area contributed by atoms with Crippen LogP contribution in [0.2, 0.25) is 0 Å². The summed E-state index contributed by atoms with van der Waals surface area (Å²) in [5, 5.41) is 4.55. The van der Waals surface area contributed by atoms with Gasteiger partial charge in [-0.05, 0) is 44.2 Å². The number of aryl methyl sites for hydroxylation is 1. The lowest BCUT2D eigenvalue weighted by atomic mass is 9.90. The number of rotatable bonds is 7. The van der Waals surface area contributed by atoms with Gasteiger partial charge in [-0.15, -0.1) is 0 Å². The smallest absolute Gasteiger partial charge is 0.254 e. The molecule has 2 aromatic heterocycles. The summed E-state index contributed by atoms with van der Waals surface area (Å²) >= 11 is 0. The van der Waals surface area contributed by atoms with Gasteiger partial charge in [-0.2, -0.15) is 5.10 Å². The Morgan fingerprint density at radius 2 is 2.07 bits per heavy atom. The van der Waals surface area contributed by atoms with Gasteiger partial charge in [-0.3, -0.25) is 9.78 Å². The third-order valence-corrected chi connectivity index (χ3v) is 5.37. The number of hydrogen-bond acceptors (Lipinski definition) is 5. The van der Waals surface area contributed by atoms with E-state index in [2.05, 4.69) is 10.1 Å². The number of pyridine rings is 1. The molecule has 7 nitrogen and oxygen atoms in total. The fourth-order valence-electron chi connectivity index (χ4n) is 3.70. The zero-order chi connectivity index (χ0) is 19.4. The van der Waals surface area contributed by atoms with Gasteiger partial charge < -0.3 is 16.2 Å². The Hall–Kier alpha value is -2.41. The van der Waals surface area contributed by atoms with Gasteiger partial charge in [-0.25, -0.2) is 4.68 Å². The number of carbonyl (C=O) groups is 1. The molecule has 1 aliphatic rings. The van der Waals surface area contributed by atoms with Gasteiger partial charge in [0.2, 0.25) is 0 Å². The van der Waals surface area contributed by atoms with Crippen molar-refractivity contribution in [2.45, 2.75) is 58.6 Å². The zero-order valence-electron chi connectivity index (χ0n) is 16.1. The second kappa shape index (κ2) is 8.52. The summed E-state index contributed by atoms with van der Waals surface area (Å²) in [5.74, 6) is 0.281. The van der Waals surface area contributed by atoms with E-state index < -0.39 is 5.91 Å². The predicted octanol–water partition coefficient (Wildman–Crippen LogP) is 2.97. The van der Waals surface area contributed by atoms with Crippen LogP contribution in [0, 0.1) is 12.8 Å². The molecule has 3 rings (SSSR count). The molecule has 0 spiro atoms. The number of ether oxygens (including phenoxy) is 1. The van der Waals surface area contributed by atoms with Crippen molar-refractivity contribution in [1.82, 2.24) is 14.8 Å². The maximum absolute atomic E-state index is 11.9. The first kappa shape index (κ1) is 19.4. The van der Waals surface area contributed by atoms with E-state index in [1.165, 1.54) is 32.1 Å². The molecule has 7 heteroatoms. The Morgan fingerprint density at radius 1 is 1.33 bits per heavy atom. The highest BCUT2D eigenvalue weighted by Crippen LogP contribution is 2.27. The Morgan fingerprint density at radius 3 is 2.70 bits per heavy atom. The lowest BCUT2D eigenvalue weighted by Crippen LogP contribution is -2.17. The molecule has 4 N–H and O–H groups in total. The standard InChI is InChI=1S/C20H29N5O2/c1-13-8-9-16(10-23-13)14(2)25-19(21)18(20(22)26)17(24-25)12-27-11-15-6-4-3-5-7-15/h8-10,14-15H,3-7,11-12,21H2,1-2H3,(H2,22,26). The van der Waals surface area contributed by atoms with Crippen LogP contribution in [-0.2, 0) is 11.3 Å². The Labute approximate surface area is 160 Å². The van der Waals surface area contributed by atoms with Gasteiger partial charge in [0.15, 0.2) is 0 Å². The van der Waals surface area contributed by atoms with Gasteiger partial charge in [0.05, 0.1) is 12.6 Å². The molecule has 1 amide bonds. The molecule has 146 valence electrons. The molecule has 1 aliphatic carbocycles. The zero-order valence-corrected chi connectivity index (χ0v) is 16.1. The third kappa shape index (κ3) is 4.47. The summed E-state index contributed by atoms with van der Waals surface area (Å²) in [6.45, 7) is 4.82. The minimum absolute atomic E-state index is 0.164. The van der Waals surface area contributed by atoms with Crippen molar-refractivity contribution < 1.29 is 9.53 Å². The lowest BCUT2D eigenvalue weighted by Gasteiger charge is -2.21. The molecule has 0 aliphatic heterocycles. The number of nitrogens with zero attached hydrogens (tertiary/aromatic N) is 3. The summed E-state index contributed by atoms with van der Waals surface area (Å²) in [7, 11) is 0. The minimum Gasteiger partial charge on any atom is -0.383 e. The van der Waals surface area contributed by atoms with Crippen molar-refractivity contribution in [3.8, 4) is 0 Å². The average Bonchev–Trinajstić information content (AvgIpc) is 2.99. The van der Waals surface area contributed by atoms with E-state index >= 15 is 0 Å². The molecule has 1 saturated carbocycles. The van der Waals surface area contributed by atoms with Crippen LogP contribution >= 0.6 is 0 Å². The van der Waals surface area contributed by atoms with Crippen molar-refractivity contribution in [2.75, 3.05) is 12.3 Å². The summed E-state index contributed by atoms with van der Waals surface area (Å²) in [6.07, 6.45) is 8.06. The first-order valence-corrected chi connectivity index (χ1v) is 9.64. The van der Waals surface area contributed by atoms with Crippen LogP contribution in [0.15, 0.2) is 18.3 Å². The van der Waals surface area contributed by atoms with Gasteiger partial charge in [0.1, 0.15) is 17.1 Å². The van der Waals surface area contributed by atoms with Crippen molar-refractivity contribution in [1.29, 1.82) is 0 Å². The predicted molar refractivity (Wildman–Crippen MR) is 104 cm³/mol. The van der Waals surface area contributed by atoms with E-state index in [1.54, 1.807) is 10.9 Å². The number of nitrogens with two attached hydrogens (primary N) is 2. The topological polar surface area (TPSA) is 109 Å². The molecule has 1 fully saturated rings. The van der Waals surface area contributed by atoms with Crippen molar-refractivity contribution in [2.24, 2.45) is 11.7 Å². The fraction of sp³-hybridized carbons (Fsp3) is 0.550. The first-order valence-electron chi connectivity index (χ1n) is 9.64. The number of amides is 1. The van der Waals surface area contributed by atoms with Crippen LogP contribution in [0.1, 0.15) is 72.4 Å². The van der Waals surface area contributed by atoms with Crippen LogP contribution in [0.4, 0.5) is 5.82 Å². The number of nitrogen functional groups attached to an aromatic ring is 1. The average molecular weight is 371 g/mol. The minimum atomic E-state index is -0.579. The van der Waals surface area contributed by atoms with E-state index in [0.717, 1.165) is 11.3 Å². The molecule has 0 bridgehead atoms. The van der Waals surface area contributed by atoms with Crippen LogP contribution in [0.5, 0.6) is 0 Å². The third-order valence-electron chi connectivity index (χ3n) is 5.37. The van der Waals surface area contributed by atoms with Gasteiger partial charge in [0, 0.05) is 18.5 Å². The molecule has 0 aromatic carbocycles. The van der Waals surface area contributed by atoms with Gasteiger partial charge in [0.25, 0.3) is 5.91 Å². The quantitative estimate of drug-likeness (QED) is 0.777. The highest BCUT2D eigenvalue weighted by atomic mass is 16.5. The molecule has 2 aromatic rings. The van der Waals surface area contributed by atoms with Gasteiger partial charge in [-0.1, -0.05) is 25.3 Å². The van der Waals surface area contributed by atoms with Crippen molar-refractivity contribution >= 4 is 11.7 Å². The van der Waals surface area contributed by atoms with E-state index in [4.69, 9.17) is 16.2 Å². The molecular formula is C20H29N5O2. The Balaban J connectivity index is 1.76. The highest BCUT2D eigenvalue weighted by molar-refractivity contribution is 5.98. The van der Waals surface area contributed by atoms with E-state index in [1.807, 2.05) is 26.0 Å². The molecule has 1 unspecified atom stereocenters. The van der Waals surface area contributed by atoms with Crippen molar-refractivity contribution in [3.63, 3.8) is 0 Å². The highest BCUT2D eigenvalue weighted by Gasteiger charge is 2.24. The molecule has 0 radical (unpaired) electrons. The van der Waals surface area contributed by atoms with E-state index in [-0.39, 0.29) is 24.0 Å². The van der Waals surface area contributed by atoms with Crippen LogP contribution in [0.3, 0.4) is 0 Å². The Kier molecular flexibility index (Phi) is 6.11. The fourth-order valence-corrected chi connectivity index (χ4v) is 3.70. The van der Waals surface area contributed by atoms with Crippen LogP contribution < -0.4 is 11.5 Å². The van der Waals surface area contributed by atoms with E-state index in [9.17, 15) is 4.79 Å². The molecular weight excluding hydrogens is 342 g/mol.